The van der Waals surface area contributed by atoms with E-state index in [-0.39, 0.29) is 53.0 Å². The van der Waals surface area contributed by atoms with Crippen LogP contribution in [0.5, 0.6) is 5.75 Å². The van der Waals surface area contributed by atoms with Gasteiger partial charge in [0, 0.05) is 47.8 Å². The van der Waals surface area contributed by atoms with Gasteiger partial charge in [-0.2, -0.15) is 4.98 Å². The first kappa shape index (κ1) is 23.3. The van der Waals surface area contributed by atoms with Gasteiger partial charge in [-0.05, 0) is 38.1 Å². The third-order valence-electron chi connectivity index (χ3n) is 6.63. The van der Waals surface area contributed by atoms with Crippen molar-refractivity contribution in [3.63, 3.8) is 0 Å². The third kappa shape index (κ3) is 3.74. The molecule has 2 aromatic carbocycles. The lowest BCUT2D eigenvalue weighted by molar-refractivity contribution is -0.128. The van der Waals surface area contributed by atoms with Crippen LogP contribution < -0.4 is 15.3 Å². The molecule has 1 unspecified atom stereocenters. The van der Waals surface area contributed by atoms with E-state index in [4.69, 9.17) is 16.3 Å². The van der Waals surface area contributed by atoms with Crippen molar-refractivity contribution < 1.29 is 18.3 Å². The van der Waals surface area contributed by atoms with Crippen LogP contribution in [0.4, 0.5) is 14.6 Å². The third-order valence-corrected chi connectivity index (χ3v) is 6.93. The molecule has 0 saturated carbocycles. The normalized spacial score (nSPS) is 19.6. The second-order valence-electron chi connectivity index (χ2n) is 8.85. The van der Waals surface area contributed by atoms with Crippen LogP contribution >= 0.6 is 11.6 Å². The van der Waals surface area contributed by atoms with Crippen molar-refractivity contribution >= 4 is 34.2 Å². The first-order valence-electron chi connectivity index (χ1n) is 11.3. The number of ether oxygens (including phenoxy) is 1. The second kappa shape index (κ2) is 8.64. The lowest BCUT2D eigenvalue weighted by atomic mass is 9.99. The summed E-state index contributed by atoms with van der Waals surface area (Å²) < 4.78 is 35.7. The average molecular weight is 501 g/mol. The summed E-state index contributed by atoms with van der Waals surface area (Å²) in [6.45, 7) is 8.76. The molecule has 1 aromatic heterocycles. The minimum atomic E-state index is -0.787. The summed E-state index contributed by atoms with van der Waals surface area (Å²) >= 11 is 6.67. The molecule has 182 valence electrons. The molecule has 0 radical (unpaired) electrons. The predicted molar refractivity (Wildman–Crippen MR) is 130 cm³/mol. The first-order chi connectivity index (χ1) is 16.7. The lowest BCUT2D eigenvalue weighted by Gasteiger charge is -2.44. The summed E-state index contributed by atoms with van der Waals surface area (Å²) in [7, 11) is 0. The molecule has 0 spiro atoms. The number of aromatic nitrogens is 2. The second-order valence-corrected chi connectivity index (χ2v) is 9.25. The standard InChI is InChI=1S/C25H23ClF2N4O3/c1-4-20(33)31-11-14(3)32(12-13(31)2)24-17-10-18(26)21(16-6-5-15(27)9-19(16)28)23-22(17)30(7-8-35-23)25(34)29-24/h4-6,9-10,13-14H,1,7-8,11-12H2,2-3H3/t13-,14?/m1/s1. The van der Waals surface area contributed by atoms with Gasteiger partial charge in [-0.3, -0.25) is 9.36 Å². The summed E-state index contributed by atoms with van der Waals surface area (Å²) in [5.74, 6) is -0.975. The Morgan fingerprint density at radius 2 is 2.00 bits per heavy atom. The molecule has 7 nitrogen and oxygen atoms in total. The molecule has 3 aromatic rings. The van der Waals surface area contributed by atoms with E-state index in [9.17, 15) is 18.4 Å². The molecule has 10 heteroatoms. The first-order valence-corrected chi connectivity index (χ1v) is 11.6. The van der Waals surface area contributed by atoms with E-state index in [1.807, 2.05) is 18.7 Å². The minimum absolute atomic E-state index is 0.0751. The van der Waals surface area contributed by atoms with Crippen LogP contribution in [0.25, 0.3) is 22.0 Å². The van der Waals surface area contributed by atoms with Crippen LogP contribution in [-0.4, -0.2) is 52.1 Å². The fraction of sp³-hybridized carbons (Fsp3) is 0.320. The molecule has 35 heavy (non-hydrogen) atoms. The Labute approximate surface area is 205 Å². The Morgan fingerprint density at radius 3 is 2.71 bits per heavy atom. The predicted octanol–water partition coefficient (Wildman–Crippen LogP) is 4.00. The highest BCUT2D eigenvalue weighted by Crippen LogP contribution is 2.46. The van der Waals surface area contributed by atoms with Crippen LogP contribution in [0.1, 0.15) is 13.8 Å². The molecular formula is C25H23ClF2N4O3. The van der Waals surface area contributed by atoms with Crippen molar-refractivity contribution in [1.29, 1.82) is 0 Å². The molecule has 2 aliphatic rings. The zero-order chi connectivity index (χ0) is 25.0. The van der Waals surface area contributed by atoms with Crippen molar-refractivity contribution in [2.75, 3.05) is 24.6 Å². The number of carbonyl (C=O) groups excluding carboxylic acids is 1. The number of hydrogen-bond donors (Lipinski definition) is 0. The van der Waals surface area contributed by atoms with E-state index in [2.05, 4.69) is 11.6 Å². The molecule has 0 aliphatic carbocycles. The molecule has 2 atom stereocenters. The van der Waals surface area contributed by atoms with Gasteiger partial charge >= 0.3 is 5.69 Å². The Hall–Kier alpha value is -3.46. The summed E-state index contributed by atoms with van der Waals surface area (Å²) in [6.07, 6.45) is 1.29. The molecule has 0 bridgehead atoms. The topological polar surface area (TPSA) is 67.7 Å². The van der Waals surface area contributed by atoms with Gasteiger partial charge in [0.15, 0.2) is 5.75 Å². The van der Waals surface area contributed by atoms with Gasteiger partial charge in [-0.25, -0.2) is 13.6 Å². The van der Waals surface area contributed by atoms with E-state index in [1.165, 1.54) is 16.7 Å². The van der Waals surface area contributed by atoms with E-state index in [0.29, 0.717) is 29.8 Å². The maximum atomic E-state index is 14.7. The number of benzene rings is 2. The Bertz CT molecular complexity index is 1440. The van der Waals surface area contributed by atoms with Crippen LogP contribution in [0.2, 0.25) is 5.02 Å². The van der Waals surface area contributed by atoms with Gasteiger partial charge in [0.2, 0.25) is 5.91 Å². The monoisotopic (exact) mass is 500 g/mol. The fourth-order valence-electron chi connectivity index (χ4n) is 4.96. The van der Waals surface area contributed by atoms with Crippen molar-refractivity contribution in [3.8, 4) is 16.9 Å². The molecule has 3 heterocycles. The molecule has 1 amide bonds. The van der Waals surface area contributed by atoms with Crippen molar-refractivity contribution in [3.05, 3.63) is 64.1 Å². The highest BCUT2D eigenvalue weighted by atomic mass is 35.5. The van der Waals surface area contributed by atoms with Gasteiger partial charge in [-0.15, -0.1) is 0 Å². The number of halogens is 3. The van der Waals surface area contributed by atoms with Gasteiger partial charge in [-0.1, -0.05) is 18.2 Å². The number of hydrogen-bond acceptors (Lipinski definition) is 5. The maximum Gasteiger partial charge on any atom is 0.350 e. The molecule has 5 rings (SSSR count). The van der Waals surface area contributed by atoms with Crippen LogP contribution in [0.3, 0.4) is 0 Å². The molecule has 0 N–H and O–H groups in total. The van der Waals surface area contributed by atoms with E-state index >= 15 is 0 Å². The Balaban J connectivity index is 1.72. The highest BCUT2D eigenvalue weighted by Gasteiger charge is 2.34. The summed E-state index contributed by atoms with van der Waals surface area (Å²) in [4.78, 5) is 33.5. The zero-order valence-electron chi connectivity index (χ0n) is 19.2. The largest absolute Gasteiger partial charge is 0.489 e. The van der Waals surface area contributed by atoms with Crippen molar-refractivity contribution in [1.82, 2.24) is 14.5 Å². The minimum Gasteiger partial charge on any atom is -0.489 e. The van der Waals surface area contributed by atoms with Crippen molar-refractivity contribution in [2.45, 2.75) is 32.5 Å². The number of piperazine rings is 1. The van der Waals surface area contributed by atoms with Crippen LogP contribution in [0, 0.1) is 11.6 Å². The lowest BCUT2D eigenvalue weighted by Crippen LogP contribution is -2.58. The molecular weight excluding hydrogens is 478 g/mol. The fourth-order valence-corrected chi connectivity index (χ4v) is 5.25. The van der Waals surface area contributed by atoms with Crippen LogP contribution in [-0.2, 0) is 11.3 Å². The maximum absolute atomic E-state index is 14.7. The molecule has 1 fully saturated rings. The van der Waals surface area contributed by atoms with Gasteiger partial charge in [0.1, 0.15) is 24.1 Å². The van der Waals surface area contributed by atoms with Gasteiger partial charge < -0.3 is 14.5 Å². The highest BCUT2D eigenvalue weighted by molar-refractivity contribution is 6.35. The molecule has 2 aliphatic heterocycles. The number of carbonyl (C=O) groups is 1. The number of anilines is 1. The van der Waals surface area contributed by atoms with Gasteiger partial charge in [0.05, 0.1) is 17.1 Å². The van der Waals surface area contributed by atoms with E-state index in [0.717, 1.165) is 12.1 Å². The zero-order valence-corrected chi connectivity index (χ0v) is 20.0. The summed E-state index contributed by atoms with van der Waals surface area (Å²) in [5, 5.41) is 0.771. The smallest absolute Gasteiger partial charge is 0.350 e. The van der Waals surface area contributed by atoms with Crippen molar-refractivity contribution in [2.24, 2.45) is 0 Å². The number of rotatable bonds is 3. The Kier molecular flexibility index (Phi) is 5.75. The SMILES string of the molecule is C=CC(=O)N1CC(C)N(c2nc(=O)n3c4c(c(-c5ccc(F)cc5F)c(Cl)cc24)OCC3)C[C@H]1C. The summed E-state index contributed by atoms with van der Waals surface area (Å²) in [5.41, 5.74) is 0.323. The Morgan fingerprint density at radius 1 is 1.23 bits per heavy atom. The summed E-state index contributed by atoms with van der Waals surface area (Å²) in [6, 6.07) is 4.57. The quantitative estimate of drug-likeness (QED) is 0.509. The molecule has 1 saturated heterocycles. The van der Waals surface area contributed by atoms with Gasteiger partial charge in [0.25, 0.3) is 0 Å². The van der Waals surface area contributed by atoms with E-state index in [1.54, 1.807) is 11.0 Å². The van der Waals surface area contributed by atoms with Crippen LogP contribution in [0.15, 0.2) is 41.7 Å². The number of amides is 1. The van der Waals surface area contributed by atoms with E-state index < -0.39 is 17.3 Å². The number of nitrogens with zero attached hydrogens (tertiary/aromatic N) is 4. The average Bonchev–Trinajstić information content (AvgIpc) is 2.83.